The molecular weight excluding hydrogens is 128 g/mol. The number of hydrogen-bond acceptors (Lipinski definition) is 2. The third kappa shape index (κ3) is 4.29. The Hall–Kier alpha value is -0.220. The predicted octanol–water partition coefficient (Wildman–Crippen LogP) is 0.615. The molecule has 0 aromatic rings. The number of rotatable bonds is 4. The number of alkyl halides is 2. The van der Waals surface area contributed by atoms with Crippen molar-refractivity contribution >= 4 is 0 Å². The van der Waals surface area contributed by atoms with E-state index in [1.54, 1.807) is 6.92 Å². The van der Waals surface area contributed by atoms with E-state index in [4.69, 9.17) is 5.73 Å². The zero-order valence-electron chi connectivity index (χ0n) is 5.31. The molecule has 0 radical (unpaired) electrons. The van der Waals surface area contributed by atoms with Gasteiger partial charge in [-0.15, -0.1) is 0 Å². The lowest BCUT2D eigenvalue weighted by atomic mass is 10.3. The minimum Gasteiger partial charge on any atom is -0.380 e. The van der Waals surface area contributed by atoms with Crippen LogP contribution in [0.5, 0.6) is 0 Å². The summed E-state index contributed by atoms with van der Waals surface area (Å²) < 4.78 is 27.7. The number of ether oxygens (including phenoxy) is 1. The second-order valence-electron chi connectivity index (χ2n) is 1.66. The van der Waals surface area contributed by atoms with E-state index in [1.165, 1.54) is 0 Å². The molecule has 9 heavy (non-hydrogen) atoms. The summed E-state index contributed by atoms with van der Waals surface area (Å²) in [6.07, 6.45) is -2.48. The standard InChI is InChI=1S/C5H11F2NO/c1-2-9-3-4(8)5(6)7/h4-5H,2-3,8H2,1H3. The zero-order valence-corrected chi connectivity index (χ0v) is 5.31. The maximum absolute atomic E-state index is 11.5. The Morgan fingerprint density at radius 2 is 2.11 bits per heavy atom. The Morgan fingerprint density at radius 1 is 1.56 bits per heavy atom. The van der Waals surface area contributed by atoms with Crippen LogP contribution in [0.25, 0.3) is 0 Å². The summed E-state index contributed by atoms with van der Waals surface area (Å²) in [5.74, 6) is 0. The molecule has 0 aliphatic carbocycles. The molecular formula is C5H11F2NO. The molecule has 2 nitrogen and oxygen atoms in total. The molecule has 0 bridgehead atoms. The van der Waals surface area contributed by atoms with Gasteiger partial charge in [-0.2, -0.15) is 0 Å². The molecule has 2 N–H and O–H groups in total. The number of nitrogens with two attached hydrogens (primary N) is 1. The lowest BCUT2D eigenvalue weighted by Crippen LogP contribution is -2.33. The van der Waals surface area contributed by atoms with Gasteiger partial charge in [-0.05, 0) is 6.92 Å². The molecule has 0 aliphatic heterocycles. The maximum Gasteiger partial charge on any atom is 0.255 e. The topological polar surface area (TPSA) is 35.2 Å². The van der Waals surface area contributed by atoms with Gasteiger partial charge in [0.1, 0.15) is 0 Å². The van der Waals surface area contributed by atoms with Crippen LogP contribution in [-0.4, -0.2) is 25.7 Å². The van der Waals surface area contributed by atoms with Crippen LogP contribution in [0.2, 0.25) is 0 Å². The van der Waals surface area contributed by atoms with Crippen molar-refractivity contribution in [3.05, 3.63) is 0 Å². The molecule has 0 fully saturated rings. The van der Waals surface area contributed by atoms with Crippen molar-refractivity contribution in [2.75, 3.05) is 13.2 Å². The molecule has 0 aromatic heterocycles. The first-order valence-electron chi connectivity index (χ1n) is 2.80. The second kappa shape index (κ2) is 4.64. The van der Waals surface area contributed by atoms with Gasteiger partial charge in [-0.25, -0.2) is 8.78 Å². The van der Waals surface area contributed by atoms with Crippen LogP contribution in [0, 0.1) is 0 Å². The SMILES string of the molecule is CCOCC(N)C(F)F. The molecule has 0 aromatic carbocycles. The highest BCUT2D eigenvalue weighted by atomic mass is 19.3. The van der Waals surface area contributed by atoms with E-state index in [1.807, 2.05) is 0 Å². The van der Waals surface area contributed by atoms with E-state index in [0.717, 1.165) is 0 Å². The van der Waals surface area contributed by atoms with Crippen LogP contribution in [0.15, 0.2) is 0 Å². The average Bonchev–Trinajstić information content (AvgIpc) is 1.82. The van der Waals surface area contributed by atoms with Gasteiger partial charge in [-0.3, -0.25) is 0 Å². The molecule has 0 heterocycles. The van der Waals surface area contributed by atoms with Crippen LogP contribution < -0.4 is 5.73 Å². The van der Waals surface area contributed by atoms with Crippen molar-refractivity contribution in [2.45, 2.75) is 19.4 Å². The Morgan fingerprint density at radius 3 is 2.44 bits per heavy atom. The van der Waals surface area contributed by atoms with E-state index in [0.29, 0.717) is 6.61 Å². The summed E-state index contributed by atoms with van der Waals surface area (Å²) in [6, 6.07) is -1.13. The first-order chi connectivity index (χ1) is 4.18. The fourth-order valence-electron chi connectivity index (χ4n) is 0.327. The normalized spacial score (nSPS) is 14.3. The van der Waals surface area contributed by atoms with Gasteiger partial charge in [0.2, 0.25) is 0 Å². The van der Waals surface area contributed by atoms with Crippen molar-refractivity contribution in [2.24, 2.45) is 5.73 Å². The first kappa shape index (κ1) is 8.78. The van der Waals surface area contributed by atoms with Crippen molar-refractivity contribution < 1.29 is 13.5 Å². The van der Waals surface area contributed by atoms with Gasteiger partial charge in [0.25, 0.3) is 6.43 Å². The highest BCUT2D eigenvalue weighted by molar-refractivity contribution is 4.60. The summed E-state index contributed by atoms with van der Waals surface area (Å²) in [6.45, 7) is 2.10. The van der Waals surface area contributed by atoms with Gasteiger partial charge in [0, 0.05) is 6.61 Å². The predicted molar refractivity (Wildman–Crippen MR) is 30.5 cm³/mol. The van der Waals surface area contributed by atoms with E-state index in [2.05, 4.69) is 4.74 Å². The molecule has 0 aliphatic rings. The van der Waals surface area contributed by atoms with E-state index < -0.39 is 12.5 Å². The molecule has 4 heteroatoms. The van der Waals surface area contributed by atoms with Crippen LogP contribution in [0.3, 0.4) is 0 Å². The summed E-state index contributed by atoms with van der Waals surface area (Å²) in [5, 5.41) is 0. The Bertz CT molecular complexity index is 70.0. The number of halogens is 2. The summed E-state index contributed by atoms with van der Waals surface area (Å²) in [7, 11) is 0. The third-order valence-electron chi connectivity index (χ3n) is 0.838. The Balaban J connectivity index is 3.16. The smallest absolute Gasteiger partial charge is 0.255 e. The first-order valence-corrected chi connectivity index (χ1v) is 2.80. The van der Waals surface area contributed by atoms with E-state index in [9.17, 15) is 8.78 Å². The monoisotopic (exact) mass is 139 g/mol. The van der Waals surface area contributed by atoms with Crippen molar-refractivity contribution in [3.63, 3.8) is 0 Å². The Kier molecular flexibility index (Phi) is 4.53. The van der Waals surface area contributed by atoms with Gasteiger partial charge in [0.05, 0.1) is 12.6 Å². The van der Waals surface area contributed by atoms with Crippen molar-refractivity contribution in [3.8, 4) is 0 Å². The minimum atomic E-state index is -2.48. The van der Waals surface area contributed by atoms with Crippen molar-refractivity contribution in [1.82, 2.24) is 0 Å². The second-order valence-corrected chi connectivity index (χ2v) is 1.66. The molecule has 0 saturated heterocycles. The minimum absolute atomic E-state index is 0.0613. The van der Waals surface area contributed by atoms with Gasteiger partial charge in [-0.1, -0.05) is 0 Å². The summed E-state index contributed by atoms with van der Waals surface area (Å²) in [5.41, 5.74) is 4.93. The quantitative estimate of drug-likeness (QED) is 0.619. The fourth-order valence-corrected chi connectivity index (χ4v) is 0.327. The fraction of sp³-hybridized carbons (Fsp3) is 1.00. The highest BCUT2D eigenvalue weighted by Crippen LogP contribution is 1.97. The molecule has 0 rings (SSSR count). The lowest BCUT2D eigenvalue weighted by Gasteiger charge is -2.08. The molecule has 0 amide bonds. The van der Waals surface area contributed by atoms with Crippen LogP contribution in [0.4, 0.5) is 8.78 Å². The zero-order chi connectivity index (χ0) is 7.28. The summed E-state index contributed by atoms with van der Waals surface area (Å²) in [4.78, 5) is 0. The van der Waals surface area contributed by atoms with Crippen molar-refractivity contribution in [1.29, 1.82) is 0 Å². The molecule has 1 unspecified atom stereocenters. The number of hydrogen-bond donors (Lipinski definition) is 1. The molecule has 56 valence electrons. The van der Waals surface area contributed by atoms with Crippen LogP contribution >= 0.6 is 0 Å². The molecule has 1 atom stereocenters. The van der Waals surface area contributed by atoms with Gasteiger partial charge in [0.15, 0.2) is 0 Å². The maximum atomic E-state index is 11.5. The van der Waals surface area contributed by atoms with Gasteiger partial charge >= 0.3 is 0 Å². The average molecular weight is 139 g/mol. The lowest BCUT2D eigenvalue weighted by molar-refractivity contribution is 0.0509. The van der Waals surface area contributed by atoms with Crippen LogP contribution in [-0.2, 0) is 4.74 Å². The molecule has 0 saturated carbocycles. The summed E-state index contributed by atoms with van der Waals surface area (Å²) >= 11 is 0. The highest BCUT2D eigenvalue weighted by Gasteiger charge is 2.13. The van der Waals surface area contributed by atoms with Gasteiger partial charge < -0.3 is 10.5 Å². The van der Waals surface area contributed by atoms with Crippen LogP contribution in [0.1, 0.15) is 6.92 Å². The van der Waals surface area contributed by atoms with E-state index >= 15 is 0 Å². The molecule has 0 spiro atoms. The van der Waals surface area contributed by atoms with E-state index in [-0.39, 0.29) is 6.61 Å². The third-order valence-corrected chi connectivity index (χ3v) is 0.838. The Labute approximate surface area is 53.0 Å². The largest absolute Gasteiger partial charge is 0.380 e.